The van der Waals surface area contributed by atoms with Gasteiger partial charge in [-0.15, -0.1) is 0 Å². The summed E-state index contributed by atoms with van der Waals surface area (Å²) in [5.74, 6) is 0.383. The van der Waals surface area contributed by atoms with Gasteiger partial charge in [0.25, 0.3) is 5.12 Å². The van der Waals surface area contributed by atoms with Gasteiger partial charge in [0.05, 0.1) is 0 Å². The van der Waals surface area contributed by atoms with Crippen molar-refractivity contribution in [3.05, 3.63) is 0 Å². The van der Waals surface area contributed by atoms with Crippen molar-refractivity contribution < 1.29 is 22.9 Å². The Balaban J connectivity index is 5.05. The minimum absolute atomic E-state index is 0.0966. The summed E-state index contributed by atoms with van der Waals surface area (Å²) in [5, 5.41) is -0.282. The molecule has 51 heavy (non-hydrogen) atoms. The first kappa shape index (κ1) is 50.7. The lowest BCUT2D eigenvalue weighted by Crippen LogP contribution is -2.52. The maximum atomic E-state index is 12.7. The highest BCUT2D eigenvalue weighted by Crippen LogP contribution is 2.25. The molecule has 6 nitrogen and oxygen atoms in total. The Bertz CT molecular complexity index is 747. The lowest BCUT2D eigenvalue weighted by molar-refractivity contribution is -0.131. The van der Waals surface area contributed by atoms with Crippen molar-refractivity contribution >= 4 is 31.5 Å². The van der Waals surface area contributed by atoms with Gasteiger partial charge in [0.2, 0.25) is 5.78 Å². The Morgan fingerprint density at radius 3 is 1.29 bits per heavy atom. The number of nitrogens with zero attached hydrogens (tertiary/aromatic N) is 1. The number of carbonyl (C=O) groups excluding carboxylic acids is 2. The number of carbonyl (C=O) groups is 2. The lowest BCUT2D eigenvalue weighted by Gasteiger charge is -2.36. The summed E-state index contributed by atoms with van der Waals surface area (Å²) in [4.78, 5) is 27.7. The molecule has 1 unspecified atom stereocenters. The van der Waals surface area contributed by atoms with Crippen molar-refractivity contribution in [2.75, 3.05) is 32.1 Å². The number of hydrogen-bond donors (Lipinski definition) is 0. The summed E-state index contributed by atoms with van der Waals surface area (Å²) < 4.78 is 20.3. The van der Waals surface area contributed by atoms with Gasteiger partial charge in [-0.2, -0.15) is 0 Å². The Kier molecular flexibility index (Phi) is 37.8. The molecule has 0 heterocycles. The summed E-state index contributed by atoms with van der Waals surface area (Å²) >= 11 is 1.18. The van der Waals surface area contributed by atoms with Gasteiger partial charge in [0.1, 0.15) is 6.23 Å². The zero-order valence-electron chi connectivity index (χ0n) is 35.0. The highest BCUT2D eigenvalue weighted by molar-refractivity contribution is 8.15. The molecular formula is C43H87NO5SSi. The molecule has 0 amide bonds. The smallest absolute Gasteiger partial charge is 0.373 e. The Morgan fingerprint density at radius 2 is 0.902 bits per heavy atom. The van der Waals surface area contributed by atoms with Crippen LogP contribution in [0.25, 0.3) is 0 Å². The molecule has 1 atom stereocenters. The van der Waals surface area contributed by atoms with E-state index in [0.717, 1.165) is 45.2 Å². The largest absolute Gasteiger partial charge is 0.502 e. The summed E-state index contributed by atoms with van der Waals surface area (Å²) in [7, 11) is -3.02. The Hall–Kier alpha value is -0.253. The van der Waals surface area contributed by atoms with Crippen LogP contribution in [0.1, 0.15) is 221 Å². The monoisotopic (exact) mass is 758 g/mol. The Morgan fingerprint density at radius 1 is 0.529 bits per heavy atom. The molecule has 0 aliphatic carbocycles. The standard InChI is InChI=1S/C43H87NO5SSi/c1-7-12-15-18-21-24-25-26-29-32-36-42(45)43(46)50-39-35-40-51(49-41(6)44(10-4)11-5,47-37-33-30-27-22-19-16-13-8-2)48-38-34-31-28-23-20-17-14-9-3/h41H,7-40H2,1-6H3. The fourth-order valence-electron chi connectivity index (χ4n) is 6.72. The van der Waals surface area contributed by atoms with E-state index in [0.29, 0.717) is 31.4 Å². The van der Waals surface area contributed by atoms with Crippen molar-refractivity contribution in [3.8, 4) is 0 Å². The first-order valence-electron chi connectivity index (χ1n) is 22.3. The molecule has 0 radical (unpaired) electrons. The fraction of sp³-hybridized carbons (Fsp3) is 0.953. The molecule has 0 aliphatic rings. The Labute approximate surface area is 323 Å². The lowest BCUT2D eigenvalue weighted by atomic mass is 10.1. The minimum atomic E-state index is -3.02. The predicted molar refractivity (Wildman–Crippen MR) is 225 cm³/mol. The van der Waals surface area contributed by atoms with Crippen LogP contribution < -0.4 is 0 Å². The molecular weight excluding hydrogens is 671 g/mol. The molecule has 0 aliphatic heterocycles. The van der Waals surface area contributed by atoms with E-state index in [1.165, 1.54) is 153 Å². The van der Waals surface area contributed by atoms with E-state index < -0.39 is 8.80 Å². The molecule has 0 spiro atoms. The summed E-state index contributed by atoms with van der Waals surface area (Å²) in [6, 6.07) is 0.680. The van der Waals surface area contributed by atoms with E-state index in [1.54, 1.807) is 0 Å². The van der Waals surface area contributed by atoms with E-state index in [1.807, 2.05) is 0 Å². The molecule has 0 saturated heterocycles. The minimum Gasteiger partial charge on any atom is -0.373 e. The van der Waals surface area contributed by atoms with Gasteiger partial charge >= 0.3 is 8.80 Å². The van der Waals surface area contributed by atoms with Crippen LogP contribution in [-0.4, -0.2) is 62.9 Å². The third-order valence-corrected chi connectivity index (χ3v) is 14.1. The predicted octanol–water partition coefficient (Wildman–Crippen LogP) is 13.5. The average Bonchev–Trinajstić information content (AvgIpc) is 3.13. The number of Topliss-reactive ketones (excluding diaryl/α,β-unsaturated/α-hetero) is 1. The molecule has 0 aromatic heterocycles. The van der Waals surface area contributed by atoms with Crippen LogP contribution in [-0.2, 0) is 22.9 Å². The second-order valence-corrected chi connectivity index (χ2v) is 18.6. The van der Waals surface area contributed by atoms with Crippen molar-refractivity contribution in [1.82, 2.24) is 4.90 Å². The number of ketones is 1. The average molecular weight is 758 g/mol. The van der Waals surface area contributed by atoms with E-state index >= 15 is 0 Å². The van der Waals surface area contributed by atoms with Crippen molar-refractivity contribution in [2.45, 2.75) is 234 Å². The quantitative estimate of drug-likeness (QED) is 0.0266. The van der Waals surface area contributed by atoms with Crippen LogP contribution in [0, 0.1) is 0 Å². The fourth-order valence-corrected chi connectivity index (χ4v) is 10.5. The van der Waals surface area contributed by atoms with Crippen LogP contribution in [0.4, 0.5) is 0 Å². The molecule has 0 N–H and O–H groups in total. The first-order chi connectivity index (χ1) is 24.9. The highest BCUT2D eigenvalue weighted by Gasteiger charge is 2.43. The van der Waals surface area contributed by atoms with Crippen LogP contribution in [0.15, 0.2) is 0 Å². The topological polar surface area (TPSA) is 65.1 Å². The SMILES string of the molecule is CCCCCCCCCCCCC(=O)C(=O)SCCC[Si](OCCCCCCCCCC)(OCCCCCCCCCC)OC(C)N(CC)CC. The van der Waals surface area contributed by atoms with Crippen LogP contribution >= 0.6 is 11.8 Å². The molecule has 0 saturated carbocycles. The molecule has 8 heteroatoms. The van der Waals surface area contributed by atoms with Gasteiger partial charge in [-0.3, -0.25) is 14.5 Å². The van der Waals surface area contributed by atoms with Crippen molar-refractivity contribution in [3.63, 3.8) is 0 Å². The van der Waals surface area contributed by atoms with Crippen LogP contribution in [0.2, 0.25) is 6.04 Å². The first-order valence-corrected chi connectivity index (χ1v) is 25.2. The molecule has 0 fully saturated rings. The van der Waals surface area contributed by atoms with Gasteiger partial charge in [-0.25, -0.2) is 0 Å². The molecule has 0 aromatic rings. The molecule has 0 rings (SSSR count). The van der Waals surface area contributed by atoms with Gasteiger partial charge in [-0.05, 0) is 45.7 Å². The van der Waals surface area contributed by atoms with Gasteiger partial charge in [-0.1, -0.05) is 194 Å². The van der Waals surface area contributed by atoms with Crippen LogP contribution in [0.3, 0.4) is 0 Å². The van der Waals surface area contributed by atoms with Crippen molar-refractivity contribution in [2.24, 2.45) is 0 Å². The summed E-state index contributed by atoms with van der Waals surface area (Å²) in [6.45, 7) is 16.4. The van der Waals surface area contributed by atoms with E-state index in [9.17, 15) is 9.59 Å². The highest BCUT2D eigenvalue weighted by atomic mass is 32.2. The normalized spacial score (nSPS) is 12.6. The van der Waals surface area contributed by atoms with Crippen LogP contribution in [0.5, 0.6) is 0 Å². The number of rotatable bonds is 41. The maximum absolute atomic E-state index is 12.7. The van der Waals surface area contributed by atoms with Gasteiger partial charge < -0.3 is 13.3 Å². The van der Waals surface area contributed by atoms with Crippen molar-refractivity contribution in [1.29, 1.82) is 0 Å². The molecule has 0 bridgehead atoms. The summed E-state index contributed by atoms with van der Waals surface area (Å²) in [5.41, 5.74) is 0. The number of unbranched alkanes of at least 4 members (excludes halogenated alkanes) is 23. The van der Waals surface area contributed by atoms with E-state index in [-0.39, 0.29) is 17.1 Å². The van der Waals surface area contributed by atoms with E-state index in [2.05, 4.69) is 46.4 Å². The zero-order valence-corrected chi connectivity index (χ0v) is 36.8. The zero-order chi connectivity index (χ0) is 37.7. The summed E-state index contributed by atoms with van der Waals surface area (Å²) in [6.07, 6.45) is 33.4. The second kappa shape index (κ2) is 38.0. The number of hydrogen-bond acceptors (Lipinski definition) is 7. The number of thioether (sulfide) groups is 1. The second-order valence-electron chi connectivity index (χ2n) is 14.9. The van der Waals surface area contributed by atoms with Gasteiger partial charge in [0.15, 0.2) is 0 Å². The molecule has 0 aromatic carbocycles. The van der Waals surface area contributed by atoms with E-state index in [4.69, 9.17) is 13.3 Å². The van der Waals surface area contributed by atoms with Gasteiger partial charge in [0, 0.05) is 31.4 Å². The molecule has 304 valence electrons. The third kappa shape index (κ3) is 30.7. The third-order valence-electron chi connectivity index (χ3n) is 10.2. The maximum Gasteiger partial charge on any atom is 0.502 e.